The van der Waals surface area contributed by atoms with Crippen LogP contribution >= 0.6 is 0 Å². The molecule has 0 aliphatic carbocycles. The molecule has 0 unspecified atom stereocenters. The van der Waals surface area contributed by atoms with E-state index in [1.165, 1.54) is 4.90 Å². The van der Waals surface area contributed by atoms with Gasteiger partial charge in [-0.25, -0.2) is 4.79 Å². The number of amides is 1. The minimum absolute atomic E-state index is 0.164. The van der Waals surface area contributed by atoms with Crippen molar-refractivity contribution < 1.29 is 19.4 Å². The van der Waals surface area contributed by atoms with Crippen LogP contribution < -0.4 is 9.64 Å². The molecule has 1 saturated heterocycles. The van der Waals surface area contributed by atoms with Crippen molar-refractivity contribution in [3.63, 3.8) is 0 Å². The zero-order valence-electron chi connectivity index (χ0n) is 9.58. The van der Waals surface area contributed by atoms with Crippen LogP contribution in [0.4, 0.5) is 5.69 Å². The Kier molecular flexibility index (Phi) is 2.75. The highest BCUT2D eigenvalue weighted by Crippen LogP contribution is 2.33. The molecule has 0 spiro atoms. The third-order valence-electron chi connectivity index (χ3n) is 2.98. The number of ether oxygens (including phenoxy) is 1. The SMILES string of the molecule is COc1ccc(N2C(=O)[C@@H](C)[C@H]2C(=O)O)cc1. The lowest BCUT2D eigenvalue weighted by Crippen LogP contribution is -2.63. The van der Waals surface area contributed by atoms with Crippen LogP contribution in [0.2, 0.25) is 0 Å². The number of nitrogens with zero attached hydrogens (tertiary/aromatic N) is 1. The maximum atomic E-state index is 11.7. The van der Waals surface area contributed by atoms with Crippen LogP contribution in [0.1, 0.15) is 6.92 Å². The van der Waals surface area contributed by atoms with Crippen molar-refractivity contribution in [3.8, 4) is 5.75 Å². The quantitative estimate of drug-likeness (QED) is 0.797. The lowest BCUT2D eigenvalue weighted by molar-refractivity contribution is -0.148. The standard InChI is InChI=1S/C12H13NO4/c1-7-10(12(15)16)13(11(7)14)8-3-5-9(17-2)6-4-8/h3-7,10H,1-2H3,(H,15,16)/t7-,10-/m0/s1. The van der Waals surface area contributed by atoms with Crippen LogP contribution in [-0.4, -0.2) is 30.1 Å². The van der Waals surface area contributed by atoms with Crippen molar-refractivity contribution in [2.75, 3.05) is 12.0 Å². The molecular formula is C12H13NO4. The van der Waals surface area contributed by atoms with Gasteiger partial charge >= 0.3 is 5.97 Å². The van der Waals surface area contributed by atoms with Gasteiger partial charge in [-0.15, -0.1) is 0 Å². The highest BCUT2D eigenvalue weighted by atomic mass is 16.5. The summed E-state index contributed by atoms with van der Waals surface area (Å²) in [6.45, 7) is 1.63. The molecule has 1 aromatic rings. The fraction of sp³-hybridized carbons (Fsp3) is 0.333. The Morgan fingerprint density at radius 2 is 1.94 bits per heavy atom. The van der Waals surface area contributed by atoms with Crippen LogP contribution in [0, 0.1) is 5.92 Å². The number of carboxylic acids is 1. The maximum Gasteiger partial charge on any atom is 0.327 e. The number of anilines is 1. The molecule has 1 aliphatic rings. The molecule has 0 bridgehead atoms. The summed E-state index contributed by atoms with van der Waals surface area (Å²) in [7, 11) is 1.55. The summed E-state index contributed by atoms with van der Waals surface area (Å²) in [5.41, 5.74) is 0.585. The van der Waals surface area contributed by atoms with Crippen LogP contribution in [0.3, 0.4) is 0 Å². The first kappa shape index (κ1) is 11.4. The molecule has 0 aromatic heterocycles. The summed E-state index contributed by atoms with van der Waals surface area (Å²) in [4.78, 5) is 24.0. The smallest absolute Gasteiger partial charge is 0.327 e. The van der Waals surface area contributed by atoms with Crippen molar-refractivity contribution in [2.24, 2.45) is 5.92 Å². The van der Waals surface area contributed by atoms with E-state index in [1.54, 1.807) is 38.3 Å². The van der Waals surface area contributed by atoms with E-state index >= 15 is 0 Å². The molecule has 17 heavy (non-hydrogen) atoms. The zero-order chi connectivity index (χ0) is 12.6. The number of carbonyl (C=O) groups is 2. The van der Waals surface area contributed by atoms with Gasteiger partial charge in [0, 0.05) is 5.69 Å². The van der Waals surface area contributed by atoms with Gasteiger partial charge in [-0.1, -0.05) is 6.92 Å². The van der Waals surface area contributed by atoms with Crippen molar-refractivity contribution >= 4 is 17.6 Å². The molecule has 1 heterocycles. The third-order valence-corrected chi connectivity index (χ3v) is 2.98. The molecule has 90 valence electrons. The molecular weight excluding hydrogens is 222 g/mol. The largest absolute Gasteiger partial charge is 0.497 e. The summed E-state index contributed by atoms with van der Waals surface area (Å²) >= 11 is 0. The second kappa shape index (κ2) is 4.08. The predicted molar refractivity (Wildman–Crippen MR) is 61.1 cm³/mol. The van der Waals surface area contributed by atoms with E-state index in [9.17, 15) is 9.59 Å². The average molecular weight is 235 g/mol. The van der Waals surface area contributed by atoms with Crippen LogP contribution in [0.5, 0.6) is 5.75 Å². The second-order valence-electron chi connectivity index (χ2n) is 3.98. The van der Waals surface area contributed by atoms with Gasteiger partial charge < -0.3 is 9.84 Å². The predicted octanol–water partition coefficient (Wildman–Crippen LogP) is 1.13. The van der Waals surface area contributed by atoms with Gasteiger partial charge in [0.25, 0.3) is 0 Å². The van der Waals surface area contributed by atoms with Crippen molar-refractivity contribution in [1.82, 2.24) is 0 Å². The van der Waals surface area contributed by atoms with Crippen LogP contribution in [0.25, 0.3) is 0 Å². The molecule has 1 aromatic carbocycles. The summed E-state index contributed by atoms with van der Waals surface area (Å²) < 4.78 is 5.00. The highest BCUT2D eigenvalue weighted by Gasteiger charge is 2.49. The van der Waals surface area contributed by atoms with Crippen molar-refractivity contribution in [2.45, 2.75) is 13.0 Å². The normalized spacial score (nSPS) is 23.2. The summed E-state index contributed by atoms with van der Waals surface area (Å²) in [6.07, 6.45) is 0. The van der Waals surface area contributed by atoms with Crippen molar-refractivity contribution in [1.29, 1.82) is 0 Å². The van der Waals surface area contributed by atoms with Gasteiger partial charge in [-0.3, -0.25) is 9.69 Å². The molecule has 0 radical (unpaired) electrons. The first-order valence-electron chi connectivity index (χ1n) is 5.26. The minimum Gasteiger partial charge on any atom is -0.497 e. The Labute approximate surface area is 98.6 Å². The minimum atomic E-state index is -0.979. The Balaban J connectivity index is 2.26. The van der Waals surface area contributed by atoms with Gasteiger partial charge in [0.2, 0.25) is 5.91 Å². The third kappa shape index (κ3) is 1.73. The molecule has 5 nitrogen and oxygen atoms in total. The van der Waals surface area contributed by atoms with Crippen LogP contribution in [-0.2, 0) is 9.59 Å². The van der Waals surface area contributed by atoms with E-state index in [-0.39, 0.29) is 5.91 Å². The highest BCUT2D eigenvalue weighted by molar-refractivity contribution is 6.10. The molecule has 1 aliphatic heterocycles. The summed E-state index contributed by atoms with van der Waals surface area (Å²) in [5, 5.41) is 9.04. The number of β-lactam (4-membered cyclic amide) rings is 1. The van der Waals surface area contributed by atoms with Crippen LogP contribution in [0.15, 0.2) is 24.3 Å². The summed E-state index contributed by atoms with van der Waals surface area (Å²) in [6, 6.07) is 5.99. The number of methoxy groups -OCH3 is 1. The number of benzene rings is 1. The molecule has 1 N–H and O–H groups in total. The number of carbonyl (C=O) groups excluding carboxylic acids is 1. The second-order valence-corrected chi connectivity index (χ2v) is 3.98. The summed E-state index contributed by atoms with van der Waals surface area (Å²) in [5.74, 6) is -0.938. The van der Waals surface area contributed by atoms with E-state index in [2.05, 4.69) is 0 Å². The van der Waals surface area contributed by atoms with Gasteiger partial charge in [0.1, 0.15) is 11.8 Å². The van der Waals surface area contributed by atoms with Gasteiger partial charge in [0.15, 0.2) is 0 Å². The fourth-order valence-corrected chi connectivity index (χ4v) is 1.99. The molecule has 1 amide bonds. The van der Waals surface area contributed by atoms with E-state index in [1.807, 2.05) is 0 Å². The topological polar surface area (TPSA) is 66.8 Å². The monoisotopic (exact) mass is 235 g/mol. The number of carboxylic acid groups (broad SMARTS) is 1. The number of hydrogen-bond acceptors (Lipinski definition) is 3. The van der Waals surface area contributed by atoms with Gasteiger partial charge in [-0.05, 0) is 24.3 Å². The molecule has 0 saturated carbocycles. The zero-order valence-corrected chi connectivity index (χ0v) is 9.58. The Bertz CT molecular complexity index is 454. The van der Waals surface area contributed by atoms with E-state index in [0.29, 0.717) is 11.4 Å². The fourth-order valence-electron chi connectivity index (χ4n) is 1.99. The van der Waals surface area contributed by atoms with Gasteiger partial charge in [0.05, 0.1) is 13.0 Å². The number of aliphatic carboxylic acids is 1. The van der Waals surface area contributed by atoms with E-state index < -0.39 is 17.9 Å². The number of rotatable bonds is 3. The Morgan fingerprint density at radius 3 is 2.41 bits per heavy atom. The average Bonchev–Trinajstić information content (AvgIpc) is 2.34. The van der Waals surface area contributed by atoms with E-state index in [0.717, 1.165) is 0 Å². The van der Waals surface area contributed by atoms with Crippen molar-refractivity contribution in [3.05, 3.63) is 24.3 Å². The lowest BCUT2D eigenvalue weighted by atomic mass is 9.88. The molecule has 2 atom stereocenters. The Morgan fingerprint density at radius 1 is 1.35 bits per heavy atom. The Hall–Kier alpha value is -2.04. The van der Waals surface area contributed by atoms with E-state index in [4.69, 9.17) is 9.84 Å². The lowest BCUT2D eigenvalue weighted by Gasteiger charge is -2.42. The first-order chi connectivity index (χ1) is 8.06. The first-order valence-corrected chi connectivity index (χ1v) is 5.26. The molecule has 1 fully saturated rings. The molecule has 2 rings (SSSR count). The number of hydrogen-bond donors (Lipinski definition) is 1. The van der Waals surface area contributed by atoms with Gasteiger partial charge in [-0.2, -0.15) is 0 Å². The molecule has 5 heteroatoms. The maximum absolute atomic E-state index is 11.7.